The first-order chi connectivity index (χ1) is 13.1. The summed E-state index contributed by atoms with van der Waals surface area (Å²) in [7, 11) is 0. The van der Waals surface area contributed by atoms with Gasteiger partial charge in [0, 0.05) is 31.0 Å². The molecule has 0 saturated carbocycles. The SMILES string of the molecule is Cc1cccc(CCN2CC(c3noc(-c4ccc(F)cc4)n3)CC2=O)c1. The first-order valence-electron chi connectivity index (χ1n) is 9.01. The summed E-state index contributed by atoms with van der Waals surface area (Å²) in [4.78, 5) is 18.6. The third kappa shape index (κ3) is 3.89. The van der Waals surface area contributed by atoms with E-state index in [0.29, 0.717) is 36.8 Å². The summed E-state index contributed by atoms with van der Waals surface area (Å²) in [6, 6.07) is 14.2. The molecule has 2 heterocycles. The number of nitrogens with zero attached hydrogens (tertiary/aromatic N) is 3. The number of aromatic nitrogens is 2. The fraction of sp³-hybridized carbons (Fsp3) is 0.286. The Hall–Kier alpha value is -3.02. The van der Waals surface area contributed by atoms with Gasteiger partial charge in [-0.3, -0.25) is 4.79 Å². The molecule has 4 rings (SSSR count). The Morgan fingerprint density at radius 1 is 1.22 bits per heavy atom. The molecule has 1 saturated heterocycles. The van der Waals surface area contributed by atoms with Gasteiger partial charge in [-0.05, 0) is 43.2 Å². The number of carbonyl (C=O) groups is 1. The molecule has 1 amide bonds. The Kier molecular flexibility index (Phi) is 4.71. The Labute approximate surface area is 156 Å². The van der Waals surface area contributed by atoms with Crippen molar-refractivity contribution in [1.29, 1.82) is 0 Å². The van der Waals surface area contributed by atoms with Gasteiger partial charge in [-0.1, -0.05) is 35.0 Å². The van der Waals surface area contributed by atoms with Crippen LogP contribution in [0.5, 0.6) is 0 Å². The van der Waals surface area contributed by atoms with Crippen LogP contribution in [0.4, 0.5) is 4.39 Å². The molecule has 1 aromatic heterocycles. The van der Waals surface area contributed by atoms with E-state index in [0.717, 1.165) is 6.42 Å². The van der Waals surface area contributed by atoms with Crippen LogP contribution < -0.4 is 0 Å². The van der Waals surface area contributed by atoms with Crippen LogP contribution in [0.25, 0.3) is 11.5 Å². The van der Waals surface area contributed by atoms with Crippen molar-refractivity contribution < 1.29 is 13.7 Å². The minimum absolute atomic E-state index is 0.0760. The average molecular weight is 365 g/mol. The van der Waals surface area contributed by atoms with Crippen molar-refractivity contribution >= 4 is 5.91 Å². The number of likely N-dealkylation sites (tertiary alicyclic amines) is 1. The van der Waals surface area contributed by atoms with Crippen molar-refractivity contribution in [3.8, 4) is 11.5 Å². The third-order valence-electron chi connectivity index (χ3n) is 4.87. The van der Waals surface area contributed by atoms with Gasteiger partial charge >= 0.3 is 0 Å². The maximum Gasteiger partial charge on any atom is 0.257 e. The molecule has 1 unspecified atom stereocenters. The van der Waals surface area contributed by atoms with Crippen LogP contribution >= 0.6 is 0 Å². The number of aryl methyl sites for hydroxylation is 1. The second-order valence-electron chi connectivity index (χ2n) is 6.94. The number of hydrogen-bond acceptors (Lipinski definition) is 4. The van der Waals surface area contributed by atoms with Crippen LogP contribution in [0.3, 0.4) is 0 Å². The molecule has 0 spiro atoms. The van der Waals surface area contributed by atoms with Crippen LogP contribution in [0.2, 0.25) is 0 Å². The van der Waals surface area contributed by atoms with Crippen molar-refractivity contribution in [2.45, 2.75) is 25.7 Å². The highest BCUT2D eigenvalue weighted by molar-refractivity contribution is 5.79. The second kappa shape index (κ2) is 7.31. The van der Waals surface area contributed by atoms with Gasteiger partial charge in [0.1, 0.15) is 5.82 Å². The lowest BCUT2D eigenvalue weighted by atomic mass is 10.1. The monoisotopic (exact) mass is 365 g/mol. The lowest BCUT2D eigenvalue weighted by molar-refractivity contribution is -0.127. The molecule has 27 heavy (non-hydrogen) atoms. The highest BCUT2D eigenvalue weighted by atomic mass is 19.1. The number of carbonyl (C=O) groups excluding carboxylic acids is 1. The van der Waals surface area contributed by atoms with Gasteiger partial charge in [0.15, 0.2) is 5.82 Å². The van der Waals surface area contributed by atoms with Gasteiger partial charge in [-0.25, -0.2) is 4.39 Å². The lowest BCUT2D eigenvalue weighted by Gasteiger charge is -2.16. The van der Waals surface area contributed by atoms with E-state index in [1.54, 1.807) is 12.1 Å². The molecule has 1 fully saturated rings. The molecular weight excluding hydrogens is 345 g/mol. The first kappa shape index (κ1) is 17.4. The van der Waals surface area contributed by atoms with Gasteiger partial charge < -0.3 is 9.42 Å². The Morgan fingerprint density at radius 3 is 2.81 bits per heavy atom. The van der Waals surface area contributed by atoms with Crippen LogP contribution in [-0.4, -0.2) is 34.0 Å². The van der Waals surface area contributed by atoms with E-state index in [1.807, 2.05) is 11.0 Å². The Bertz CT molecular complexity index is 952. The van der Waals surface area contributed by atoms with Gasteiger partial charge in [-0.2, -0.15) is 4.98 Å². The molecule has 0 radical (unpaired) electrons. The molecule has 3 aromatic rings. The molecule has 1 aliphatic rings. The van der Waals surface area contributed by atoms with Crippen LogP contribution in [0, 0.1) is 12.7 Å². The van der Waals surface area contributed by atoms with Crippen molar-refractivity contribution in [3.05, 3.63) is 71.3 Å². The first-order valence-corrected chi connectivity index (χ1v) is 9.01. The summed E-state index contributed by atoms with van der Waals surface area (Å²) in [5.41, 5.74) is 3.11. The van der Waals surface area contributed by atoms with Crippen molar-refractivity contribution in [2.24, 2.45) is 0 Å². The van der Waals surface area contributed by atoms with Gasteiger partial charge in [0.2, 0.25) is 5.91 Å². The molecule has 0 N–H and O–H groups in total. The number of halogens is 1. The zero-order valence-electron chi connectivity index (χ0n) is 15.1. The van der Waals surface area contributed by atoms with Crippen molar-refractivity contribution in [2.75, 3.05) is 13.1 Å². The normalized spacial score (nSPS) is 16.9. The van der Waals surface area contributed by atoms with Crippen molar-refractivity contribution in [1.82, 2.24) is 15.0 Å². The number of benzene rings is 2. The lowest BCUT2D eigenvalue weighted by Crippen LogP contribution is -2.27. The molecule has 1 aliphatic heterocycles. The predicted octanol–water partition coefficient (Wildman–Crippen LogP) is 3.74. The zero-order chi connectivity index (χ0) is 18.8. The minimum atomic E-state index is -0.316. The Morgan fingerprint density at radius 2 is 2.04 bits per heavy atom. The highest BCUT2D eigenvalue weighted by Gasteiger charge is 2.33. The van der Waals surface area contributed by atoms with Gasteiger partial charge in [-0.15, -0.1) is 0 Å². The quantitative estimate of drug-likeness (QED) is 0.691. The van der Waals surface area contributed by atoms with Crippen LogP contribution in [0.1, 0.15) is 29.3 Å². The van der Waals surface area contributed by atoms with Gasteiger partial charge in [0.05, 0.1) is 0 Å². The van der Waals surface area contributed by atoms with E-state index >= 15 is 0 Å². The molecular formula is C21H20FN3O2. The van der Waals surface area contributed by atoms with E-state index in [1.165, 1.54) is 23.3 Å². The molecule has 0 bridgehead atoms. The molecule has 1 atom stereocenters. The molecule has 6 heteroatoms. The van der Waals surface area contributed by atoms with Gasteiger partial charge in [0.25, 0.3) is 5.89 Å². The zero-order valence-corrected chi connectivity index (χ0v) is 15.1. The van der Waals surface area contributed by atoms with Crippen LogP contribution in [-0.2, 0) is 11.2 Å². The number of hydrogen-bond donors (Lipinski definition) is 0. The standard InChI is InChI=1S/C21H20FN3O2/c1-14-3-2-4-15(11-14)9-10-25-13-17(12-19(25)26)20-23-21(27-24-20)16-5-7-18(22)8-6-16/h2-8,11,17H,9-10,12-13H2,1H3. The molecule has 0 aliphatic carbocycles. The Balaban J connectivity index is 1.41. The second-order valence-corrected chi connectivity index (χ2v) is 6.94. The molecule has 2 aromatic carbocycles. The van der Waals surface area contributed by atoms with Crippen LogP contribution in [0.15, 0.2) is 53.1 Å². The van der Waals surface area contributed by atoms with E-state index in [2.05, 4.69) is 35.3 Å². The smallest absolute Gasteiger partial charge is 0.257 e. The summed E-state index contributed by atoms with van der Waals surface area (Å²) in [6.07, 6.45) is 1.21. The molecule has 138 valence electrons. The van der Waals surface area contributed by atoms with E-state index in [9.17, 15) is 9.18 Å². The summed E-state index contributed by atoms with van der Waals surface area (Å²) >= 11 is 0. The highest BCUT2D eigenvalue weighted by Crippen LogP contribution is 2.28. The summed E-state index contributed by atoms with van der Waals surface area (Å²) in [5, 5.41) is 4.04. The maximum absolute atomic E-state index is 13.0. The molecule has 5 nitrogen and oxygen atoms in total. The van der Waals surface area contributed by atoms with Crippen molar-refractivity contribution in [3.63, 3.8) is 0 Å². The third-order valence-corrected chi connectivity index (χ3v) is 4.87. The summed E-state index contributed by atoms with van der Waals surface area (Å²) in [6.45, 7) is 3.34. The summed E-state index contributed by atoms with van der Waals surface area (Å²) in [5.74, 6) is 0.592. The minimum Gasteiger partial charge on any atom is -0.342 e. The summed E-state index contributed by atoms with van der Waals surface area (Å²) < 4.78 is 18.3. The fourth-order valence-electron chi connectivity index (χ4n) is 3.40. The average Bonchev–Trinajstić information content (AvgIpc) is 3.28. The number of rotatable bonds is 5. The maximum atomic E-state index is 13.0. The van der Waals surface area contributed by atoms with E-state index < -0.39 is 0 Å². The fourth-order valence-corrected chi connectivity index (χ4v) is 3.40. The topological polar surface area (TPSA) is 59.2 Å². The largest absolute Gasteiger partial charge is 0.342 e. The number of amides is 1. The predicted molar refractivity (Wildman–Crippen MR) is 98.5 cm³/mol. The van der Waals surface area contributed by atoms with E-state index in [-0.39, 0.29) is 17.6 Å². The van der Waals surface area contributed by atoms with E-state index in [4.69, 9.17) is 4.52 Å².